The molecule has 1 nitrogen and oxygen atoms in total. The highest BCUT2D eigenvalue weighted by Crippen LogP contribution is 2.36. The molecule has 1 heterocycles. The van der Waals surface area contributed by atoms with E-state index in [1.54, 1.807) is 11.3 Å². The van der Waals surface area contributed by atoms with Crippen LogP contribution in [0.25, 0.3) is 0 Å². The van der Waals surface area contributed by atoms with Gasteiger partial charge in [0.2, 0.25) is 0 Å². The van der Waals surface area contributed by atoms with E-state index in [2.05, 4.69) is 43.7 Å². The Labute approximate surface area is 105 Å². The van der Waals surface area contributed by atoms with Crippen LogP contribution in [0.2, 0.25) is 0 Å². The Bertz CT molecular complexity index is 342. The van der Waals surface area contributed by atoms with E-state index in [0.717, 1.165) is 19.6 Å². The quantitative estimate of drug-likeness (QED) is 0.823. The van der Waals surface area contributed by atoms with Crippen molar-refractivity contribution in [2.24, 2.45) is 0 Å². The van der Waals surface area contributed by atoms with Crippen molar-refractivity contribution in [3.8, 4) is 11.8 Å². The van der Waals surface area contributed by atoms with E-state index >= 15 is 0 Å². The van der Waals surface area contributed by atoms with Gasteiger partial charge in [0.25, 0.3) is 0 Å². The summed E-state index contributed by atoms with van der Waals surface area (Å²) < 4.78 is 2.02. The summed E-state index contributed by atoms with van der Waals surface area (Å²) >= 11 is 8.34. The fraction of sp³-hybridized carbons (Fsp3) is 0.400. The van der Waals surface area contributed by atoms with Crippen LogP contribution in [0.5, 0.6) is 0 Å². The molecule has 0 aliphatic rings. The summed E-state index contributed by atoms with van der Waals surface area (Å²) in [6, 6.07) is 1.94. The molecule has 0 bridgehead atoms. The molecule has 0 aromatic carbocycles. The number of hydrogen-bond acceptors (Lipinski definition) is 2. The van der Waals surface area contributed by atoms with E-state index in [1.165, 1.54) is 0 Å². The Kier molecular flexibility index (Phi) is 5.18. The second-order valence-corrected chi connectivity index (χ2v) is 6.01. The summed E-state index contributed by atoms with van der Waals surface area (Å²) in [6.45, 7) is 1.81. The summed E-state index contributed by atoms with van der Waals surface area (Å²) in [5, 5.41) is 9.79. The van der Waals surface area contributed by atoms with Crippen molar-refractivity contribution < 1.29 is 5.11 Å². The van der Waals surface area contributed by atoms with Gasteiger partial charge < -0.3 is 5.11 Å². The second-order valence-electron chi connectivity index (χ2n) is 2.75. The van der Waals surface area contributed by atoms with Gasteiger partial charge >= 0.3 is 0 Å². The molecule has 0 radical (unpaired) electrons. The van der Waals surface area contributed by atoms with Crippen LogP contribution in [0.15, 0.2) is 14.3 Å². The Hall–Kier alpha value is 0.180. The highest BCUT2D eigenvalue weighted by molar-refractivity contribution is 9.13. The van der Waals surface area contributed by atoms with Gasteiger partial charge in [0.15, 0.2) is 0 Å². The van der Waals surface area contributed by atoms with E-state index in [0.29, 0.717) is 6.42 Å². The first-order chi connectivity index (χ1) is 6.65. The summed E-state index contributed by atoms with van der Waals surface area (Å²) in [6.07, 6.45) is 1.04. The van der Waals surface area contributed by atoms with Crippen LogP contribution in [0.1, 0.15) is 30.7 Å². The summed E-state index contributed by atoms with van der Waals surface area (Å²) in [5.41, 5.74) is 0. The average molecular weight is 338 g/mol. The van der Waals surface area contributed by atoms with Crippen molar-refractivity contribution in [2.45, 2.75) is 25.9 Å². The number of rotatable bonds is 3. The van der Waals surface area contributed by atoms with Crippen molar-refractivity contribution in [2.75, 3.05) is 0 Å². The lowest BCUT2D eigenvalue weighted by Gasteiger charge is -2.04. The first-order valence-electron chi connectivity index (χ1n) is 4.17. The van der Waals surface area contributed by atoms with Crippen molar-refractivity contribution in [1.29, 1.82) is 0 Å². The van der Waals surface area contributed by atoms with E-state index < -0.39 is 6.10 Å². The number of thiophene rings is 1. The third kappa shape index (κ3) is 3.39. The predicted octanol–water partition coefficient (Wildman–Crippen LogP) is 4.11. The van der Waals surface area contributed by atoms with E-state index in [1.807, 2.05) is 13.0 Å². The van der Waals surface area contributed by atoms with Crippen LogP contribution in [0.3, 0.4) is 0 Å². The van der Waals surface area contributed by atoms with Gasteiger partial charge in [0.1, 0.15) is 0 Å². The zero-order chi connectivity index (χ0) is 10.6. The Morgan fingerprint density at radius 3 is 2.79 bits per heavy atom. The van der Waals surface area contributed by atoms with Crippen molar-refractivity contribution in [3.63, 3.8) is 0 Å². The van der Waals surface area contributed by atoms with Crippen molar-refractivity contribution in [3.05, 3.63) is 19.2 Å². The van der Waals surface area contributed by atoms with Gasteiger partial charge in [0.05, 0.1) is 9.89 Å². The molecule has 1 atom stereocenters. The number of hydrogen-bond donors (Lipinski definition) is 1. The third-order valence-corrected chi connectivity index (χ3v) is 5.07. The van der Waals surface area contributed by atoms with Gasteiger partial charge in [-0.2, -0.15) is 0 Å². The highest BCUT2D eigenvalue weighted by atomic mass is 79.9. The number of halogens is 2. The minimum absolute atomic E-state index is 0.400. The minimum atomic E-state index is -0.400. The third-order valence-electron chi connectivity index (χ3n) is 1.71. The highest BCUT2D eigenvalue weighted by Gasteiger charge is 2.11. The standard InChI is InChI=1S/C10H10Br2OS/c1-2-3-4-5-8(13)9-6-7(11)10(12)14-9/h6,8,13H,4-5H2,1H3. The van der Waals surface area contributed by atoms with Crippen LogP contribution in [0.4, 0.5) is 0 Å². The van der Waals surface area contributed by atoms with Crippen LogP contribution >= 0.6 is 43.2 Å². The molecule has 1 aromatic heterocycles. The zero-order valence-corrected chi connectivity index (χ0v) is 11.7. The van der Waals surface area contributed by atoms with Crippen molar-refractivity contribution >= 4 is 43.2 Å². The smallest absolute Gasteiger partial charge is 0.0891 e. The molecule has 0 fully saturated rings. The first kappa shape index (κ1) is 12.3. The second kappa shape index (κ2) is 5.92. The number of aliphatic hydroxyl groups excluding tert-OH is 1. The average Bonchev–Trinajstić information content (AvgIpc) is 2.47. The Morgan fingerprint density at radius 1 is 1.57 bits per heavy atom. The Balaban J connectivity index is 2.58. The lowest BCUT2D eigenvalue weighted by Crippen LogP contribution is -1.92. The molecule has 76 valence electrons. The van der Waals surface area contributed by atoms with Gasteiger partial charge in [-0.05, 0) is 51.3 Å². The van der Waals surface area contributed by atoms with E-state index in [4.69, 9.17) is 0 Å². The SMILES string of the molecule is CC#CCCC(O)c1cc(Br)c(Br)s1. The lowest BCUT2D eigenvalue weighted by molar-refractivity contribution is 0.173. The first-order valence-corrected chi connectivity index (χ1v) is 6.57. The largest absolute Gasteiger partial charge is 0.388 e. The van der Waals surface area contributed by atoms with Gasteiger partial charge in [-0.25, -0.2) is 0 Å². The molecule has 1 unspecified atom stereocenters. The molecule has 0 amide bonds. The molecule has 1 aromatic rings. The molecular formula is C10H10Br2OS. The molecule has 4 heteroatoms. The van der Waals surface area contributed by atoms with Crippen LogP contribution in [0, 0.1) is 11.8 Å². The summed E-state index contributed by atoms with van der Waals surface area (Å²) in [7, 11) is 0. The molecule has 0 saturated carbocycles. The zero-order valence-electron chi connectivity index (χ0n) is 7.68. The van der Waals surface area contributed by atoms with Gasteiger partial charge in [-0.15, -0.1) is 23.2 Å². The van der Waals surface area contributed by atoms with E-state index in [-0.39, 0.29) is 0 Å². The maximum absolute atomic E-state index is 9.79. The lowest BCUT2D eigenvalue weighted by atomic mass is 10.2. The van der Waals surface area contributed by atoms with Gasteiger partial charge in [-0.3, -0.25) is 0 Å². The molecule has 1 rings (SSSR count). The summed E-state index contributed by atoms with van der Waals surface area (Å²) in [4.78, 5) is 0.974. The van der Waals surface area contributed by atoms with E-state index in [9.17, 15) is 5.11 Å². The molecule has 0 aliphatic heterocycles. The normalized spacial score (nSPS) is 12.0. The molecule has 14 heavy (non-hydrogen) atoms. The van der Waals surface area contributed by atoms with Crippen LogP contribution in [-0.4, -0.2) is 5.11 Å². The monoisotopic (exact) mass is 336 g/mol. The number of aliphatic hydroxyl groups is 1. The van der Waals surface area contributed by atoms with Crippen molar-refractivity contribution in [1.82, 2.24) is 0 Å². The fourth-order valence-electron chi connectivity index (χ4n) is 1.00. The fourth-order valence-corrected chi connectivity index (χ4v) is 3.11. The molecule has 0 spiro atoms. The van der Waals surface area contributed by atoms with Crippen LogP contribution in [-0.2, 0) is 0 Å². The molecular weight excluding hydrogens is 328 g/mol. The van der Waals surface area contributed by atoms with Crippen LogP contribution < -0.4 is 0 Å². The maximum atomic E-state index is 9.79. The Morgan fingerprint density at radius 2 is 2.29 bits per heavy atom. The van der Waals surface area contributed by atoms with Gasteiger partial charge in [-0.1, -0.05) is 0 Å². The molecule has 1 N–H and O–H groups in total. The summed E-state index contributed by atoms with van der Waals surface area (Å²) in [5.74, 6) is 5.76. The predicted molar refractivity (Wildman–Crippen MR) is 67.4 cm³/mol. The van der Waals surface area contributed by atoms with Gasteiger partial charge in [0, 0.05) is 15.8 Å². The molecule has 0 aliphatic carbocycles. The molecule has 0 saturated heterocycles. The maximum Gasteiger partial charge on any atom is 0.0891 e. The topological polar surface area (TPSA) is 20.2 Å². The minimum Gasteiger partial charge on any atom is -0.388 e.